The zero-order chi connectivity index (χ0) is 51.4. The first kappa shape index (κ1) is 48.7. The van der Waals surface area contributed by atoms with Crippen LogP contribution in [0.1, 0.15) is 183 Å². The minimum absolute atomic E-state index is 0.0150. The van der Waals surface area contributed by atoms with Crippen molar-refractivity contribution in [3.05, 3.63) is 170 Å². The van der Waals surface area contributed by atoms with E-state index < -0.39 is 0 Å². The van der Waals surface area contributed by atoms with E-state index in [2.05, 4.69) is 218 Å². The van der Waals surface area contributed by atoms with Gasteiger partial charge in [0.05, 0.1) is 11.4 Å². The molecule has 0 unspecified atom stereocenters. The van der Waals surface area contributed by atoms with E-state index in [0.717, 1.165) is 58.6 Å². The lowest BCUT2D eigenvalue weighted by Crippen LogP contribution is -2.34. The fourth-order valence-electron chi connectivity index (χ4n) is 14.1. The zero-order valence-corrected chi connectivity index (χ0v) is 47.0. The molecule has 2 bridgehead atoms. The average Bonchev–Trinajstić information content (AvgIpc) is 3.53. The number of nitrogens with two attached hydrogens (primary N) is 1. The van der Waals surface area contributed by atoms with Crippen molar-refractivity contribution < 1.29 is 0 Å². The predicted molar refractivity (Wildman–Crippen MR) is 313 cm³/mol. The Balaban J connectivity index is 1.35. The van der Waals surface area contributed by atoms with E-state index in [9.17, 15) is 0 Å². The van der Waals surface area contributed by atoms with Crippen molar-refractivity contribution in [3.8, 4) is 44.5 Å². The highest BCUT2D eigenvalue weighted by molar-refractivity contribution is 7.80. The third kappa shape index (κ3) is 7.09. The summed E-state index contributed by atoms with van der Waals surface area (Å²) in [7, 11) is 0. The summed E-state index contributed by atoms with van der Waals surface area (Å²) in [4.78, 5) is 3.69. The molecule has 3 heteroatoms. The van der Waals surface area contributed by atoms with Crippen LogP contribution in [0.4, 0.5) is 22.7 Å². The topological polar surface area (TPSA) is 29.3 Å². The Morgan fingerprint density at radius 1 is 0.444 bits per heavy atom. The van der Waals surface area contributed by atoms with Crippen LogP contribution in [0.5, 0.6) is 0 Å². The Bertz CT molecular complexity index is 3420. The van der Waals surface area contributed by atoms with E-state index in [-0.39, 0.29) is 32.5 Å². The smallest absolute Gasteiger partial charge is 0.0601 e. The van der Waals surface area contributed by atoms with Gasteiger partial charge in [0.2, 0.25) is 0 Å². The van der Waals surface area contributed by atoms with Gasteiger partial charge in [-0.1, -0.05) is 175 Å². The molecule has 7 aromatic carbocycles. The van der Waals surface area contributed by atoms with Crippen LogP contribution in [0.15, 0.2) is 114 Å². The number of thiol groups is 1. The number of benzene rings is 7. The summed E-state index contributed by atoms with van der Waals surface area (Å²) in [5.41, 5.74) is 36.6. The van der Waals surface area contributed by atoms with Crippen LogP contribution in [-0.2, 0) is 38.9 Å². The number of fused-ring (bicyclic) bond motifs is 11. The highest BCUT2D eigenvalue weighted by Gasteiger charge is 2.45. The molecule has 0 saturated heterocycles. The highest BCUT2D eigenvalue weighted by atomic mass is 32.1. The van der Waals surface area contributed by atoms with Gasteiger partial charge in [0.1, 0.15) is 0 Å². The molecule has 2 N–H and O–H groups in total. The van der Waals surface area contributed by atoms with E-state index in [0.29, 0.717) is 0 Å². The van der Waals surface area contributed by atoms with E-state index in [1.54, 1.807) is 0 Å². The molecule has 0 radical (unpaired) electrons. The van der Waals surface area contributed by atoms with Crippen LogP contribution in [0.2, 0.25) is 0 Å². The lowest BCUT2D eigenvalue weighted by atomic mass is 9.62. The first-order valence-corrected chi connectivity index (χ1v) is 27.5. The molecule has 0 aromatic heterocycles. The first-order valence-electron chi connectivity index (χ1n) is 27.1. The van der Waals surface area contributed by atoms with Crippen molar-refractivity contribution in [2.75, 3.05) is 10.6 Å². The summed E-state index contributed by atoms with van der Waals surface area (Å²) >= 11 is 5.76. The zero-order valence-electron chi connectivity index (χ0n) is 46.1. The maximum absolute atomic E-state index is 7.60. The third-order valence-corrected chi connectivity index (χ3v) is 19.3. The van der Waals surface area contributed by atoms with Crippen molar-refractivity contribution >= 4 is 35.4 Å². The molecule has 4 aliphatic rings. The fraction of sp³-hybridized carbons (Fsp3) is 0.391. The Morgan fingerprint density at radius 3 is 1.60 bits per heavy atom. The normalized spacial score (nSPS) is 18.6. The van der Waals surface area contributed by atoms with Crippen LogP contribution in [0.3, 0.4) is 0 Å². The SMILES string of the molecule is CCCc1c(-c2ccccc2C)cc2c(c1N(c1cc3c(cc1C)C(C)(C)CCC3(C)C)c1cc3c(cc1S)C(C)(C)c1cc4c(cc1-3)C(C)(C)CCC4(C)C)-c1ccccc1C(C)(C)c1cccc-2c1N. The molecule has 4 aliphatic carbocycles. The molecule has 0 fully saturated rings. The second-order valence-corrected chi connectivity index (χ2v) is 26.7. The maximum atomic E-state index is 7.60. The largest absolute Gasteiger partial charge is 0.398 e. The van der Waals surface area contributed by atoms with Crippen LogP contribution in [0, 0.1) is 13.8 Å². The van der Waals surface area contributed by atoms with Gasteiger partial charge in [0.25, 0.3) is 0 Å². The van der Waals surface area contributed by atoms with Crippen LogP contribution in [-0.4, -0.2) is 0 Å². The summed E-state index contributed by atoms with van der Waals surface area (Å²) < 4.78 is 0. The van der Waals surface area contributed by atoms with Gasteiger partial charge in [0.15, 0.2) is 0 Å². The minimum Gasteiger partial charge on any atom is -0.398 e. The third-order valence-electron chi connectivity index (χ3n) is 18.9. The van der Waals surface area contributed by atoms with Crippen LogP contribution in [0.25, 0.3) is 44.5 Å². The lowest BCUT2D eigenvalue weighted by Gasteiger charge is -2.44. The highest BCUT2D eigenvalue weighted by Crippen LogP contribution is 2.61. The van der Waals surface area contributed by atoms with Gasteiger partial charge >= 0.3 is 0 Å². The quantitative estimate of drug-likeness (QED) is 0.128. The summed E-state index contributed by atoms with van der Waals surface area (Å²) in [5, 5.41) is 0. The van der Waals surface area contributed by atoms with Gasteiger partial charge < -0.3 is 10.6 Å². The van der Waals surface area contributed by atoms with Gasteiger partial charge in [-0.15, -0.1) is 12.6 Å². The summed E-state index contributed by atoms with van der Waals surface area (Å²) in [5.74, 6) is 0. The van der Waals surface area contributed by atoms with Crippen molar-refractivity contribution in [3.63, 3.8) is 0 Å². The predicted octanol–water partition coefficient (Wildman–Crippen LogP) is 19.2. The second-order valence-electron chi connectivity index (χ2n) is 26.2. The molecular formula is C69H78N2S. The molecule has 72 heavy (non-hydrogen) atoms. The lowest BCUT2D eigenvalue weighted by molar-refractivity contribution is 0.331. The fourth-order valence-corrected chi connectivity index (χ4v) is 14.4. The number of anilines is 4. The average molecular weight is 967 g/mol. The maximum Gasteiger partial charge on any atom is 0.0601 e. The Morgan fingerprint density at radius 2 is 0.958 bits per heavy atom. The van der Waals surface area contributed by atoms with Gasteiger partial charge in [-0.25, -0.2) is 0 Å². The molecule has 0 atom stereocenters. The molecule has 0 spiro atoms. The van der Waals surface area contributed by atoms with Crippen molar-refractivity contribution in [2.45, 2.75) is 180 Å². The van der Waals surface area contributed by atoms with Crippen molar-refractivity contribution in [1.82, 2.24) is 0 Å². The van der Waals surface area contributed by atoms with E-state index in [4.69, 9.17) is 18.4 Å². The molecular weight excluding hydrogens is 889 g/mol. The Kier molecular flexibility index (Phi) is 11.0. The summed E-state index contributed by atoms with van der Waals surface area (Å²) in [6.45, 7) is 36.3. The van der Waals surface area contributed by atoms with Crippen molar-refractivity contribution in [1.29, 1.82) is 0 Å². The van der Waals surface area contributed by atoms with E-state index >= 15 is 0 Å². The number of rotatable bonds is 6. The standard InChI is InChI=1S/C69H78N2S/c1-16-22-44-46(42-24-18-17-23-40(42)2)34-49-43-26-21-28-51(62(43)70)68(12,13)50-27-20-19-25-45(50)61(49)63(44)71(58-38-57-54(33-41(58)3)64(4,5)29-32-67(57,10)11)59-36-48-47-35-55-56(66(8,9)31-30-65(55,6)7)37-52(47)69(14,15)53(48)39-60(59)72/h17-21,23-28,33-39,72H,16,22,29-32,70H2,1-15H3. The minimum atomic E-state index is -0.382. The number of hydrogen-bond donors (Lipinski definition) is 2. The molecule has 0 amide bonds. The molecule has 0 heterocycles. The number of hydrogen-bond acceptors (Lipinski definition) is 3. The van der Waals surface area contributed by atoms with E-state index in [1.165, 1.54) is 113 Å². The van der Waals surface area contributed by atoms with Gasteiger partial charge in [-0.3, -0.25) is 0 Å². The van der Waals surface area contributed by atoms with Crippen LogP contribution >= 0.6 is 12.6 Å². The number of nitrogens with zero attached hydrogens (tertiary/aromatic N) is 1. The number of nitrogen functional groups attached to an aromatic ring is 1. The first-order chi connectivity index (χ1) is 33.8. The molecule has 2 nitrogen and oxygen atoms in total. The van der Waals surface area contributed by atoms with Crippen LogP contribution < -0.4 is 10.6 Å². The molecule has 0 aliphatic heterocycles. The monoisotopic (exact) mass is 967 g/mol. The molecule has 7 aromatic rings. The molecule has 11 rings (SSSR count). The van der Waals surface area contributed by atoms with E-state index in [1.807, 2.05) is 0 Å². The van der Waals surface area contributed by atoms with Gasteiger partial charge in [-0.05, 0) is 193 Å². The van der Waals surface area contributed by atoms with Gasteiger partial charge in [-0.2, -0.15) is 0 Å². The molecule has 0 saturated carbocycles. The summed E-state index contributed by atoms with van der Waals surface area (Å²) in [6.07, 6.45) is 6.52. The Labute approximate surface area is 438 Å². The second kappa shape index (κ2) is 16.2. The van der Waals surface area contributed by atoms with Gasteiger partial charge in [0, 0.05) is 38.2 Å². The summed E-state index contributed by atoms with van der Waals surface area (Å²) in [6, 6.07) is 42.9. The Hall–Kier alpha value is -5.51. The number of aryl methyl sites for hydroxylation is 2. The van der Waals surface area contributed by atoms with Crippen molar-refractivity contribution in [2.24, 2.45) is 0 Å². The number of para-hydroxylation sites is 1. The molecule has 370 valence electrons.